The van der Waals surface area contributed by atoms with E-state index >= 15 is 0 Å². The Labute approximate surface area is 95.5 Å². The molecular formula is C11H8O6. The van der Waals surface area contributed by atoms with Gasteiger partial charge in [0, 0.05) is 17.9 Å². The molecule has 3 rings (SSSR count). The van der Waals surface area contributed by atoms with Crippen molar-refractivity contribution >= 4 is 17.9 Å². The third-order valence-electron chi connectivity index (χ3n) is 3.85. The molecule has 3 atom stereocenters. The van der Waals surface area contributed by atoms with Crippen molar-refractivity contribution in [2.24, 2.45) is 11.3 Å². The zero-order chi connectivity index (χ0) is 12.6. The van der Waals surface area contributed by atoms with Gasteiger partial charge in [-0.15, -0.1) is 0 Å². The first-order valence-corrected chi connectivity index (χ1v) is 4.95. The zero-order valence-corrected chi connectivity index (χ0v) is 8.69. The number of ether oxygens (including phenoxy) is 2. The van der Waals surface area contributed by atoms with Crippen LogP contribution in [0.2, 0.25) is 0 Å². The molecule has 1 saturated carbocycles. The minimum absolute atomic E-state index is 0.0348. The summed E-state index contributed by atoms with van der Waals surface area (Å²) in [6, 6.07) is 0. The lowest BCUT2D eigenvalue weighted by molar-refractivity contribution is -0.357. The van der Waals surface area contributed by atoms with Crippen LogP contribution in [-0.2, 0) is 23.9 Å². The van der Waals surface area contributed by atoms with Gasteiger partial charge in [-0.25, -0.2) is 9.59 Å². The normalized spacial score (nSPS) is 41.4. The van der Waals surface area contributed by atoms with Crippen LogP contribution < -0.4 is 0 Å². The number of carboxylic acids is 1. The van der Waals surface area contributed by atoms with E-state index in [1.165, 1.54) is 0 Å². The highest BCUT2D eigenvalue weighted by atomic mass is 16.8. The lowest BCUT2D eigenvalue weighted by Crippen LogP contribution is -2.77. The molecule has 0 amide bonds. The largest absolute Gasteiger partial charge is 0.478 e. The van der Waals surface area contributed by atoms with Crippen molar-refractivity contribution in [3.8, 4) is 0 Å². The minimum atomic E-state index is -1.35. The number of hydrogen-bond acceptors (Lipinski definition) is 5. The van der Waals surface area contributed by atoms with E-state index in [0.29, 0.717) is 0 Å². The van der Waals surface area contributed by atoms with Crippen molar-refractivity contribution in [2.75, 3.05) is 0 Å². The SMILES string of the molecule is C=C(C(=O)O)C1CC23OC(=O)C(=C)C12C(=O)O3. The van der Waals surface area contributed by atoms with Crippen LogP contribution in [0.3, 0.4) is 0 Å². The summed E-state index contributed by atoms with van der Waals surface area (Å²) >= 11 is 0. The molecule has 0 aromatic carbocycles. The Kier molecular flexibility index (Phi) is 1.43. The van der Waals surface area contributed by atoms with Crippen molar-refractivity contribution in [2.45, 2.75) is 12.2 Å². The molecule has 0 spiro atoms. The Bertz CT molecular complexity index is 532. The zero-order valence-electron chi connectivity index (χ0n) is 8.69. The summed E-state index contributed by atoms with van der Waals surface area (Å²) in [4.78, 5) is 34.0. The Morgan fingerprint density at radius 3 is 2.53 bits per heavy atom. The number of carboxylic acid groups (broad SMARTS) is 1. The van der Waals surface area contributed by atoms with Gasteiger partial charge in [-0.3, -0.25) is 4.79 Å². The molecule has 0 bridgehead atoms. The Morgan fingerprint density at radius 2 is 2.06 bits per heavy atom. The van der Waals surface area contributed by atoms with Gasteiger partial charge in [-0.2, -0.15) is 0 Å². The standard InChI is InChI=1S/C11H8O6/c1-4(7(12)13)6-3-10-11(6,9(15)17-10)5(2)8(14)16-10/h6H,1-3H2,(H,12,13). The van der Waals surface area contributed by atoms with Crippen LogP contribution in [-0.4, -0.2) is 28.8 Å². The molecule has 2 aliphatic heterocycles. The van der Waals surface area contributed by atoms with Gasteiger partial charge in [0.15, 0.2) is 5.41 Å². The first kappa shape index (κ1) is 10.1. The Balaban J connectivity index is 2.08. The van der Waals surface area contributed by atoms with Gasteiger partial charge in [0.05, 0.1) is 5.57 Å². The maximum atomic E-state index is 11.6. The second-order valence-electron chi connectivity index (χ2n) is 4.41. The van der Waals surface area contributed by atoms with E-state index in [4.69, 9.17) is 14.6 Å². The van der Waals surface area contributed by atoms with Crippen molar-refractivity contribution in [1.82, 2.24) is 0 Å². The Morgan fingerprint density at radius 1 is 1.41 bits per heavy atom. The van der Waals surface area contributed by atoms with Gasteiger partial charge in [-0.05, 0) is 0 Å². The molecule has 17 heavy (non-hydrogen) atoms. The molecule has 0 aromatic rings. The van der Waals surface area contributed by atoms with Crippen LogP contribution in [0.4, 0.5) is 0 Å². The molecule has 2 saturated heterocycles. The topological polar surface area (TPSA) is 89.9 Å². The first-order chi connectivity index (χ1) is 7.87. The lowest BCUT2D eigenvalue weighted by Gasteiger charge is -2.61. The number of esters is 2. The van der Waals surface area contributed by atoms with Crippen LogP contribution in [0.1, 0.15) is 6.42 Å². The van der Waals surface area contributed by atoms with Gasteiger partial charge >= 0.3 is 17.9 Å². The second kappa shape index (κ2) is 2.42. The second-order valence-corrected chi connectivity index (χ2v) is 4.41. The van der Waals surface area contributed by atoms with E-state index in [0.717, 1.165) is 0 Å². The highest BCUT2D eigenvalue weighted by Crippen LogP contribution is 2.73. The molecule has 2 heterocycles. The number of aliphatic carboxylic acids is 1. The number of rotatable bonds is 2. The fourth-order valence-corrected chi connectivity index (χ4v) is 2.93. The van der Waals surface area contributed by atoms with E-state index < -0.39 is 35.0 Å². The minimum Gasteiger partial charge on any atom is -0.478 e. The molecule has 6 heteroatoms. The van der Waals surface area contributed by atoms with Crippen LogP contribution in [0.25, 0.3) is 0 Å². The first-order valence-electron chi connectivity index (χ1n) is 4.95. The van der Waals surface area contributed by atoms with Crippen LogP contribution in [0.5, 0.6) is 0 Å². The van der Waals surface area contributed by atoms with Crippen molar-refractivity contribution in [1.29, 1.82) is 0 Å². The molecule has 1 N–H and O–H groups in total. The van der Waals surface area contributed by atoms with Crippen LogP contribution in [0.15, 0.2) is 24.3 Å². The summed E-state index contributed by atoms with van der Waals surface area (Å²) in [6.07, 6.45) is 0.134. The molecule has 0 aromatic heterocycles. The summed E-state index contributed by atoms with van der Waals surface area (Å²) in [5.74, 6) is -4.57. The third-order valence-corrected chi connectivity index (χ3v) is 3.85. The van der Waals surface area contributed by atoms with Crippen molar-refractivity contribution < 1.29 is 29.0 Å². The summed E-state index contributed by atoms with van der Waals surface area (Å²) < 4.78 is 9.83. The van der Waals surface area contributed by atoms with Crippen molar-refractivity contribution in [3.63, 3.8) is 0 Å². The van der Waals surface area contributed by atoms with E-state index in [-0.39, 0.29) is 17.6 Å². The van der Waals surface area contributed by atoms with Gasteiger partial charge < -0.3 is 14.6 Å². The molecular weight excluding hydrogens is 228 g/mol. The van der Waals surface area contributed by atoms with Gasteiger partial charge in [0.1, 0.15) is 0 Å². The molecule has 88 valence electrons. The third kappa shape index (κ3) is 0.729. The highest BCUT2D eigenvalue weighted by molar-refractivity contribution is 6.08. The monoisotopic (exact) mass is 236 g/mol. The van der Waals surface area contributed by atoms with E-state index in [1.807, 2.05) is 0 Å². The van der Waals surface area contributed by atoms with Crippen molar-refractivity contribution in [3.05, 3.63) is 24.3 Å². The fraction of sp³-hybridized carbons (Fsp3) is 0.364. The van der Waals surface area contributed by atoms with Gasteiger partial charge in [0.25, 0.3) is 5.79 Å². The molecule has 0 radical (unpaired) electrons. The predicted octanol–water partition coefficient (Wildman–Crippen LogP) is -0.000400. The van der Waals surface area contributed by atoms with E-state index in [1.54, 1.807) is 0 Å². The maximum Gasteiger partial charge on any atom is 0.338 e. The fourth-order valence-electron chi connectivity index (χ4n) is 2.93. The smallest absolute Gasteiger partial charge is 0.338 e. The summed E-state index contributed by atoms with van der Waals surface area (Å²) in [5, 5.41) is 8.89. The Hall–Kier alpha value is -2.11. The van der Waals surface area contributed by atoms with Gasteiger partial charge in [-0.1, -0.05) is 13.2 Å². The average Bonchev–Trinajstić information content (AvgIpc) is 2.33. The molecule has 1 aliphatic carbocycles. The summed E-state index contributed by atoms with van der Waals surface area (Å²) in [6.45, 7) is 6.94. The summed E-state index contributed by atoms with van der Waals surface area (Å²) in [7, 11) is 0. The quantitative estimate of drug-likeness (QED) is 0.536. The predicted molar refractivity (Wildman–Crippen MR) is 51.4 cm³/mol. The average molecular weight is 236 g/mol. The van der Waals surface area contributed by atoms with Crippen LogP contribution >= 0.6 is 0 Å². The van der Waals surface area contributed by atoms with Crippen LogP contribution in [0, 0.1) is 11.3 Å². The van der Waals surface area contributed by atoms with Gasteiger partial charge in [0.2, 0.25) is 0 Å². The maximum absolute atomic E-state index is 11.6. The number of carbonyl (C=O) groups excluding carboxylic acids is 2. The molecule has 3 aliphatic rings. The molecule has 6 nitrogen and oxygen atoms in total. The molecule has 3 unspecified atom stereocenters. The number of carbonyl (C=O) groups is 3. The van der Waals surface area contributed by atoms with E-state index in [9.17, 15) is 14.4 Å². The number of hydrogen-bond donors (Lipinski definition) is 1. The highest BCUT2D eigenvalue weighted by Gasteiger charge is 2.89. The lowest BCUT2D eigenvalue weighted by atomic mass is 9.48. The van der Waals surface area contributed by atoms with E-state index in [2.05, 4.69) is 13.2 Å². The summed E-state index contributed by atoms with van der Waals surface area (Å²) in [5.41, 5.74) is -1.51. The molecule has 3 fully saturated rings.